The van der Waals surface area contributed by atoms with E-state index in [0.717, 1.165) is 6.07 Å². The number of hydrogen-bond donors (Lipinski definition) is 3. The minimum atomic E-state index is -4.23. The van der Waals surface area contributed by atoms with Crippen molar-refractivity contribution in [3.8, 4) is 0 Å². The van der Waals surface area contributed by atoms with Gasteiger partial charge in [0.05, 0.1) is 11.4 Å². The van der Waals surface area contributed by atoms with Gasteiger partial charge in [0.1, 0.15) is 6.61 Å². The van der Waals surface area contributed by atoms with Crippen molar-refractivity contribution in [2.75, 3.05) is 13.2 Å². The zero-order chi connectivity index (χ0) is 15.6. The van der Waals surface area contributed by atoms with Crippen molar-refractivity contribution in [1.29, 1.82) is 0 Å². The van der Waals surface area contributed by atoms with E-state index in [-0.39, 0.29) is 10.5 Å². The van der Waals surface area contributed by atoms with Crippen LogP contribution in [0.3, 0.4) is 0 Å². The fourth-order valence-electron chi connectivity index (χ4n) is 1.37. The van der Waals surface area contributed by atoms with Gasteiger partial charge in [-0.15, -0.1) is 0 Å². The summed E-state index contributed by atoms with van der Waals surface area (Å²) >= 11 is 0. The number of amides is 1. The molecule has 1 rings (SSSR count). The summed E-state index contributed by atoms with van der Waals surface area (Å²) in [6, 6.07) is 3.52. The molecule has 0 aliphatic heterocycles. The van der Waals surface area contributed by atoms with Crippen molar-refractivity contribution < 1.29 is 27.1 Å². The largest absolute Gasteiger partial charge is 0.390 e. The van der Waals surface area contributed by atoms with Gasteiger partial charge in [0.25, 0.3) is 5.92 Å². The number of carbonyl (C=O) groups is 1. The Morgan fingerprint density at radius 2 is 2.05 bits per heavy atom. The molecule has 0 spiro atoms. The van der Waals surface area contributed by atoms with Crippen molar-refractivity contribution in [1.82, 2.24) is 4.72 Å². The van der Waals surface area contributed by atoms with Crippen LogP contribution in [0.15, 0.2) is 23.1 Å². The van der Waals surface area contributed by atoms with Crippen LogP contribution in [-0.4, -0.2) is 38.5 Å². The number of nitrogens with two attached hydrogens (primary N) is 1. The SMILES string of the molecule is Cc1ccc(S(=O)(=O)NCC(F)(F)CO)cc1C(N)=O. The minimum absolute atomic E-state index is 0.0122. The van der Waals surface area contributed by atoms with Crippen molar-refractivity contribution in [2.24, 2.45) is 5.73 Å². The van der Waals surface area contributed by atoms with Crippen LogP contribution in [0.4, 0.5) is 8.78 Å². The molecule has 0 heterocycles. The highest BCUT2D eigenvalue weighted by Crippen LogP contribution is 2.17. The predicted octanol–water partition coefficient (Wildman–Crippen LogP) is -0.000180. The maximum atomic E-state index is 12.8. The van der Waals surface area contributed by atoms with Gasteiger partial charge in [-0.2, -0.15) is 0 Å². The van der Waals surface area contributed by atoms with Crippen molar-refractivity contribution in [3.05, 3.63) is 29.3 Å². The van der Waals surface area contributed by atoms with Crippen LogP contribution in [0.2, 0.25) is 0 Å². The molecule has 20 heavy (non-hydrogen) atoms. The van der Waals surface area contributed by atoms with Gasteiger partial charge in [-0.25, -0.2) is 21.9 Å². The molecule has 0 aromatic heterocycles. The van der Waals surface area contributed by atoms with Crippen LogP contribution in [0.25, 0.3) is 0 Å². The summed E-state index contributed by atoms with van der Waals surface area (Å²) in [5.74, 6) is -4.38. The number of benzene rings is 1. The second kappa shape index (κ2) is 5.81. The second-order valence-corrected chi connectivity index (χ2v) is 5.95. The molecule has 1 aromatic carbocycles. The number of nitrogens with one attached hydrogen (secondary N) is 1. The molecule has 4 N–H and O–H groups in total. The molecule has 0 aliphatic rings. The lowest BCUT2D eigenvalue weighted by Crippen LogP contribution is -2.39. The summed E-state index contributed by atoms with van der Waals surface area (Å²) in [7, 11) is -4.23. The number of aliphatic hydroxyl groups excluding tert-OH is 1. The lowest BCUT2D eigenvalue weighted by atomic mass is 10.1. The average Bonchev–Trinajstić information content (AvgIpc) is 2.36. The van der Waals surface area contributed by atoms with Crippen molar-refractivity contribution in [2.45, 2.75) is 17.7 Å². The van der Waals surface area contributed by atoms with Crippen molar-refractivity contribution >= 4 is 15.9 Å². The first-order valence-corrected chi connectivity index (χ1v) is 6.96. The molecule has 0 saturated carbocycles. The van der Waals surface area contributed by atoms with Gasteiger partial charge >= 0.3 is 0 Å². The summed E-state index contributed by atoms with van der Waals surface area (Å²) < 4.78 is 50.9. The first-order valence-electron chi connectivity index (χ1n) is 5.48. The molecule has 0 atom stereocenters. The minimum Gasteiger partial charge on any atom is -0.390 e. The summed E-state index contributed by atoms with van der Waals surface area (Å²) in [6.45, 7) is -1.16. The summed E-state index contributed by atoms with van der Waals surface area (Å²) in [6.07, 6.45) is 0. The number of alkyl halides is 2. The lowest BCUT2D eigenvalue weighted by Gasteiger charge is -2.14. The highest BCUT2D eigenvalue weighted by atomic mass is 32.2. The van der Waals surface area contributed by atoms with E-state index in [1.165, 1.54) is 12.1 Å². The number of carbonyl (C=O) groups excluding carboxylic acids is 1. The second-order valence-electron chi connectivity index (χ2n) is 4.18. The Balaban J connectivity index is 3.05. The monoisotopic (exact) mass is 308 g/mol. The third kappa shape index (κ3) is 3.95. The first kappa shape index (κ1) is 16.5. The Labute approximate surface area is 114 Å². The van der Waals surface area contributed by atoms with Crippen LogP contribution >= 0.6 is 0 Å². The molecule has 0 fully saturated rings. The summed E-state index contributed by atoms with van der Waals surface area (Å²) in [5.41, 5.74) is 5.54. The number of sulfonamides is 1. The number of halogens is 2. The molecule has 6 nitrogen and oxygen atoms in total. The summed E-state index contributed by atoms with van der Waals surface area (Å²) in [4.78, 5) is 10.8. The number of primary amides is 1. The normalized spacial score (nSPS) is 12.4. The fraction of sp³-hybridized carbons (Fsp3) is 0.364. The van der Waals surface area contributed by atoms with E-state index in [0.29, 0.717) is 5.56 Å². The van der Waals surface area contributed by atoms with E-state index in [2.05, 4.69) is 0 Å². The van der Waals surface area contributed by atoms with Crippen molar-refractivity contribution in [3.63, 3.8) is 0 Å². The Kier molecular flexibility index (Phi) is 4.79. The molecule has 0 radical (unpaired) electrons. The van der Waals surface area contributed by atoms with E-state index in [1.807, 2.05) is 0 Å². The van der Waals surface area contributed by atoms with E-state index in [9.17, 15) is 22.0 Å². The van der Waals surface area contributed by atoms with Crippen LogP contribution < -0.4 is 10.5 Å². The highest BCUT2D eigenvalue weighted by Gasteiger charge is 2.30. The van der Waals surface area contributed by atoms with Gasteiger partial charge in [-0.1, -0.05) is 6.07 Å². The molecule has 1 aromatic rings. The Morgan fingerprint density at radius 3 is 2.55 bits per heavy atom. The number of hydrogen-bond acceptors (Lipinski definition) is 4. The Bertz CT molecular complexity index is 617. The lowest BCUT2D eigenvalue weighted by molar-refractivity contribution is -0.0437. The number of aryl methyl sites for hydroxylation is 1. The average molecular weight is 308 g/mol. The molecular formula is C11H14F2N2O4S. The topological polar surface area (TPSA) is 109 Å². The van der Waals surface area contributed by atoms with E-state index < -0.39 is 35.0 Å². The van der Waals surface area contributed by atoms with Gasteiger partial charge in [0.2, 0.25) is 15.9 Å². The van der Waals surface area contributed by atoms with E-state index >= 15 is 0 Å². The molecule has 9 heteroatoms. The maximum absolute atomic E-state index is 12.8. The molecule has 0 bridgehead atoms. The van der Waals surface area contributed by atoms with Gasteiger partial charge in [-0.3, -0.25) is 4.79 Å². The zero-order valence-electron chi connectivity index (χ0n) is 10.6. The van der Waals surface area contributed by atoms with Gasteiger partial charge in [0.15, 0.2) is 0 Å². The third-order valence-electron chi connectivity index (χ3n) is 2.54. The Hall–Kier alpha value is -1.58. The van der Waals surface area contributed by atoms with Crippen LogP contribution in [-0.2, 0) is 10.0 Å². The number of aliphatic hydroxyl groups is 1. The van der Waals surface area contributed by atoms with Crippen LogP contribution in [0, 0.1) is 6.92 Å². The van der Waals surface area contributed by atoms with Gasteiger partial charge < -0.3 is 10.8 Å². The van der Waals surface area contributed by atoms with Crippen LogP contribution in [0.5, 0.6) is 0 Å². The predicted molar refractivity (Wildman–Crippen MR) is 66.9 cm³/mol. The van der Waals surface area contributed by atoms with Gasteiger partial charge in [-0.05, 0) is 24.6 Å². The fourth-order valence-corrected chi connectivity index (χ4v) is 2.46. The maximum Gasteiger partial charge on any atom is 0.283 e. The highest BCUT2D eigenvalue weighted by molar-refractivity contribution is 7.89. The smallest absolute Gasteiger partial charge is 0.283 e. The third-order valence-corrected chi connectivity index (χ3v) is 3.94. The Morgan fingerprint density at radius 1 is 1.45 bits per heavy atom. The first-order chi connectivity index (χ1) is 9.09. The quantitative estimate of drug-likeness (QED) is 0.687. The van der Waals surface area contributed by atoms with E-state index in [4.69, 9.17) is 10.8 Å². The number of rotatable bonds is 6. The molecule has 1 amide bonds. The molecule has 0 saturated heterocycles. The zero-order valence-corrected chi connectivity index (χ0v) is 11.4. The summed E-state index contributed by atoms with van der Waals surface area (Å²) in [5, 5.41) is 8.37. The van der Waals surface area contributed by atoms with Gasteiger partial charge in [0, 0.05) is 5.56 Å². The van der Waals surface area contributed by atoms with Crippen LogP contribution in [0.1, 0.15) is 15.9 Å². The molecular weight excluding hydrogens is 294 g/mol. The molecule has 112 valence electrons. The van der Waals surface area contributed by atoms with E-state index in [1.54, 1.807) is 11.6 Å². The standard InChI is InChI=1S/C11H14F2N2O4S/c1-7-2-3-8(4-9(7)10(14)17)20(18,19)15-5-11(12,13)6-16/h2-4,15-16H,5-6H2,1H3,(H2,14,17). The molecule has 0 aliphatic carbocycles. The molecule has 0 unspecified atom stereocenters.